The fourth-order valence-electron chi connectivity index (χ4n) is 0.512. The smallest absolute Gasteiger partial charge is 0.0310 e. The van der Waals surface area contributed by atoms with Gasteiger partial charge in [0.2, 0.25) is 0 Å². The first-order valence-electron chi connectivity index (χ1n) is 3.21. The van der Waals surface area contributed by atoms with Crippen LogP contribution in [0.1, 0.15) is 19.8 Å². The van der Waals surface area contributed by atoms with Crippen molar-refractivity contribution in [1.29, 1.82) is 0 Å². The molecule has 0 aliphatic rings. The van der Waals surface area contributed by atoms with Gasteiger partial charge in [-0.05, 0) is 19.8 Å². The van der Waals surface area contributed by atoms with Crippen LogP contribution in [0.15, 0.2) is 37.0 Å². The average molecular weight is 122 g/mol. The van der Waals surface area contributed by atoms with Crippen LogP contribution in [0.2, 0.25) is 0 Å². The lowest BCUT2D eigenvalue weighted by Gasteiger charge is -1.88. The van der Waals surface area contributed by atoms with Gasteiger partial charge in [0.15, 0.2) is 0 Å². The zero-order chi connectivity index (χ0) is 7.11. The lowest BCUT2D eigenvalue weighted by atomic mass is 10.2. The molecule has 0 aromatic heterocycles. The predicted molar refractivity (Wildman–Crippen MR) is 43.4 cm³/mol. The van der Waals surface area contributed by atoms with E-state index in [0.717, 1.165) is 12.8 Å². The average Bonchev–Trinajstić information content (AvgIpc) is 1.89. The van der Waals surface area contributed by atoms with E-state index in [4.69, 9.17) is 0 Å². The van der Waals surface area contributed by atoms with Crippen LogP contribution in [0.5, 0.6) is 0 Å². The molecule has 0 aromatic carbocycles. The molecule has 0 rings (SSSR count). The van der Waals surface area contributed by atoms with Gasteiger partial charge in [0.25, 0.3) is 0 Å². The Bertz CT molecular complexity index is 118. The highest BCUT2D eigenvalue weighted by atomic mass is 13.8. The van der Waals surface area contributed by atoms with Crippen molar-refractivity contribution in [1.82, 2.24) is 0 Å². The van der Waals surface area contributed by atoms with Gasteiger partial charge in [0.05, 0.1) is 0 Å². The lowest BCUT2D eigenvalue weighted by Crippen LogP contribution is -1.67. The maximum Gasteiger partial charge on any atom is -0.0310 e. The van der Waals surface area contributed by atoms with E-state index in [9.17, 15) is 0 Å². The van der Waals surface area contributed by atoms with Crippen molar-refractivity contribution in [2.75, 3.05) is 0 Å². The Hall–Kier alpha value is -0.780. The molecule has 0 fully saturated rings. The molecule has 0 bridgehead atoms. The molecule has 0 saturated heterocycles. The Labute approximate surface area is 57.6 Å². The third-order valence-electron chi connectivity index (χ3n) is 1.16. The molecule has 0 nitrogen and oxygen atoms in total. The van der Waals surface area contributed by atoms with Crippen LogP contribution in [0, 0.1) is 0 Å². The van der Waals surface area contributed by atoms with E-state index in [1.807, 2.05) is 12.2 Å². The summed E-state index contributed by atoms with van der Waals surface area (Å²) in [6.45, 7) is 9.33. The van der Waals surface area contributed by atoms with Gasteiger partial charge in [-0.2, -0.15) is 0 Å². The van der Waals surface area contributed by atoms with E-state index in [1.165, 1.54) is 5.57 Å². The molecule has 0 N–H and O–H groups in total. The highest BCUT2D eigenvalue weighted by Gasteiger charge is 1.77. The van der Waals surface area contributed by atoms with Gasteiger partial charge in [0.1, 0.15) is 0 Å². The Morgan fingerprint density at radius 3 is 2.44 bits per heavy atom. The fraction of sp³-hybridized carbons (Fsp3) is 0.333. The second kappa shape index (κ2) is 5.36. The number of allylic oxidation sites excluding steroid dienone is 4. The van der Waals surface area contributed by atoms with Crippen LogP contribution in [0.4, 0.5) is 0 Å². The van der Waals surface area contributed by atoms with Crippen molar-refractivity contribution in [2.45, 2.75) is 19.8 Å². The molecule has 0 saturated carbocycles. The minimum Gasteiger partial charge on any atom is -0.103 e. The lowest BCUT2D eigenvalue weighted by molar-refractivity contribution is 1.04. The van der Waals surface area contributed by atoms with Gasteiger partial charge in [-0.15, -0.1) is 6.58 Å². The van der Waals surface area contributed by atoms with Crippen molar-refractivity contribution >= 4 is 0 Å². The van der Waals surface area contributed by atoms with Crippen molar-refractivity contribution in [2.24, 2.45) is 0 Å². The Balaban J connectivity index is 3.42. The Morgan fingerprint density at radius 1 is 1.33 bits per heavy atom. The molecule has 0 amide bonds. The number of hydrogen-bond donors (Lipinski definition) is 0. The molecule has 0 heteroatoms. The molecule has 0 unspecified atom stereocenters. The standard InChI is InChI=1S/C9H14/c1-4-6-7-8-9(3)5-2/h4-5,8H,1-2,6-7H2,3H3/b9-8+. The first-order chi connectivity index (χ1) is 4.31. The second-order valence-corrected chi connectivity index (χ2v) is 2.02. The van der Waals surface area contributed by atoms with Gasteiger partial charge in [-0.1, -0.05) is 30.4 Å². The topological polar surface area (TPSA) is 0 Å². The summed E-state index contributed by atoms with van der Waals surface area (Å²) in [6, 6.07) is 0. The van der Waals surface area contributed by atoms with Gasteiger partial charge in [0, 0.05) is 0 Å². The van der Waals surface area contributed by atoms with Crippen molar-refractivity contribution in [3.05, 3.63) is 37.0 Å². The summed E-state index contributed by atoms with van der Waals surface area (Å²) in [6.07, 6.45) is 8.09. The van der Waals surface area contributed by atoms with E-state index in [0.29, 0.717) is 0 Å². The SMILES string of the molecule is C=CCC/C=C(\C)C=C. The molecule has 50 valence electrons. The van der Waals surface area contributed by atoms with E-state index < -0.39 is 0 Å². The maximum absolute atomic E-state index is 3.65. The number of rotatable bonds is 4. The summed E-state index contributed by atoms with van der Waals surface area (Å²) in [5.74, 6) is 0. The maximum atomic E-state index is 3.65. The highest BCUT2D eigenvalue weighted by molar-refractivity contribution is 5.12. The second-order valence-electron chi connectivity index (χ2n) is 2.02. The molecular formula is C9H14. The van der Waals surface area contributed by atoms with E-state index in [-0.39, 0.29) is 0 Å². The third kappa shape index (κ3) is 5.09. The zero-order valence-corrected chi connectivity index (χ0v) is 6.06. The summed E-state index contributed by atoms with van der Waals surface area (Å²) < 4.78 is 0. The van der Waals surface area contributed by atoms with Crippen LogP contribution >= 0.6 is 0 Å². The Morgan fingerprint density at radius 2 is 2.00 bits per heavy atom. The van der Waals surface area contributed by atoms with Crippen molar-refractivity contribution < 1.29 is 0 Å². The molecule has 0 radical (unpaired) electrons. The molecule has 0 aromatic rings. The fourth-order valence-corrected chi connectivity index (χ4v) is 0.512. The van der Waals surface area contributed by atoms with E-state index in [1.54, 1.807) is 0 Å². The van der Waals surface area contributed by atoms with Gasteiger partial charge in [-0.25, -0.2) is 0 Å². The molecule has 9 heavy (non-hydrogen) atoms. The monoisotopic (exact) mass is 122 g/mol. The van der Waals surface area contributed by atoms with Crippen LogP contribution in [-0.2, 0) is 0 Å². The number of unbranched alkanes of at least 4 members (excludes halogenated alkanes) is 1. The minimum absolute atomic E-state index is 1.06. The number of hydrogen-bond acceptors (Lipinski definition) is 0. The van der Waals surface area contributed by atoms with Crippen molar-refractivity contribution in [3.8, 4) is 0 Å². The van der Waals surface area contributed by atoms with Gasteiger partial charge < -0.3 is 0 Å². The summed E-state index contributed by atoms with van der Waals surface area (Å²) in [4.78, 5) is 0. The molecule has 0 spiro atoms. The largest absolute Gasteiger partial charge is 0.103 e. The predicted octanol–water partition coefficient (Wildman–Crippen LogP) is 3.08. The van der Waals surface area contributed by atoms with E-state index >= 15 is 0 Å². The molecular weight excluding hydrogens is 108 g/mol. The molecule has 0 aliphatic carbocycles. The summed E-state index contributed by atoms with van der Waals surface area (Å²) in [7, 11) is 0. The summed E-state index contributed by atoms with van der Waals surface area (Å²) >= 11 is 0. The van der Waals surface area contributed by atoms with Crippen LogP contribution in [0.3, 0.4) is 0 Å². The van der Waals surface area contributed by atoms with Gasteiger partial charge in [-0.3, -0.25) is 0 Å². The Kier molecular flexibility index (Phi) is 4.89. The van der Waals surface area contributed by atoms with E-state index in [2.05, 4.69) is 26.2 Å². The van der Waals surface area contributed by atoms with Gasteiger partial charge >= 0.3 is 0 Å². The minimum atomic E-state index is 1.06. The molecule has 0 heterocycles. The van der Waals surface area contributed by atoms with Crippen LogP contribution in [0.25, 0.3) is 0 Å². The first-order valence-corrected chi connectivity index (χ1v) is 3.21. The van der Waals surface area contributed by atoms with Crippen LogP contribution in [-0.4, -0.2) is 0 Å². The first kappa shape index (κ1) is 8.22. The summed E-state index contributed by atoms with van der Waals surface area (Å²) in [5, 5.41) is 0. The van der Waals surface area contributed by atoms with Crippen molar-refractivity contribution in [3.63, 3.8) is 0 Å². The van der Waals surface area contributed by atoms with Crippen LogP contribution < -0.4 is 0 Å². The zero-order valence-electron chi connectivity index (χ0n) is 6.06. The highest BCUT2D eigenvalue weighted by Crippen LogP contribution is 1.98. The summed E-state index contributed by atoms with van der Waals surface area (Å²) in [5.41, 5.74) is 1.25. The quantitative estimate of drug-likeness (QED) is 0.305. The molecule has 0 aliphatic heterocycles. The normalized spacial score (nSPS) is 11.0. The third-order valence-corrected chi connectivity index (χ3v) is 1.16. The molecule has 0 atom stereocenters.